The molecule has 1 atom stereocenters. The fraction of sp³-hybridized carbons (Fsp3) is 0.571. The van der Waals surface area contributed by atoms with Gasteiger partial charge in [0.15, 0.2) is 0 Å². The number of aliphatic hydroxyl groups excluding tert-OH is 1. The van der Waals surface area contributed by atoms with Crippen molar-refractivity contribution in [3.8, 4) is 0 Å². The Morgan fingerprint density at radius 3 is 2.50 bits per heavy atom. The Kier molecular flexibility index (Phi) is 4.37. The number of nitrogens with one attached hydrogen (secondary N) is 1. The minimum atomic E-state index is 0.143. The number of rotatable bonds is 4. The van der Waals surface area contributed by atoms with E-state index in [2.05, 4.69) is 17.4 Å². The Labute approximate surface area is 97.7 Å². The van der Waals surface area contributed by atoms with Crippen LogP contribution in [0.25, 0.3) is 0 Å². The molecular formula is C14H21NO. The molecule has 2 rings (SSSR count). The first-order chi connectivity index (χ1) is 7.88. The molecule has 1 aliphatic rings. The number of benzene rings is 1. The molecule has 1 saturated heterocycles. The topological polar surface area (TPSA) is 32.3 Å². The van der Waals surface area contributed by atoms with E-state index in [9.17, 15) is 0 Å². The van der Waals surface area contributed by atoms with Crippen LogP contribution in [0.3, 0.4) is 0 Å². The van der Waals surface area contributed by atoms with E-state index in [1.807, 2.05) is 12.1 Å². The zero-order valence-corrected chi connectivity index (χ0v) is 9.78. The quantitative estimate of drug-likeness (QED) is 0.814. The standard InChI is InChI=1S/C14H21NO/c16-11-13-6-4-12(5-7-13)8-9-14-3-1-2-10-15-14/h4-7,14-16H,1-3,8-11H2. The number of piperidine rings is 1. The molecule has 2 heteroatoms. The third-order valence-electron chi connectivity index (χ3n) is 3.40. The van der Waals surface area contributed by atoms with Gasteiger partial charge in [-0.15, -0.1) is 0 Å². The molecule has 16 heavy (non-hydrogen) atoms. The summed E-state index contributed by atoms with van der Waals surface area (Å²) >= 11 is 0. The molecule has 0 spiro atoms. The fourth-order valence-corrected chi connectivity index (χ4v) is 2.32. The molecule has 0 aromatic heterocycles. The molecule has 0 radical (unpaired) electrons. The Bertz CT molecular complexity index is 301. The third-order valence-corrected chi connectivity index (χ3v) is 3.40. The van der Waals surface area contributed by atoms with Gasteiger partial charge < -0.3 is 10.4 Å². The normalized spacial score (nSPS) is 20.9. The van der Waals surface area contributed by atoms with Crippen molar-refractivity contribution in [1.82, 2.24) is 5.32 Å². The largest absolute Gasteiger partial charge is 0.392 e. The lowest BCUT2D eigenvalue weighted by molar-refractivity contribution is 0.282. The summed E-state index contributed by atoms with van der Waals surface area (Å²) < 4.78 is 0. The smallest absolute Gasteiger partial charge is 0.0681 e. The molecule has 88 valence electrons. The molecule has 0 bridgehead atoms. The molecule has 2 nitrogen and oxygen atoms in total. The average Bonchev–Trinajstić information content (AvgIpc) is 2.38. The van der Waals surface area contributed by atoms with Crippen molar-refractivity contribution < 1.29 is 5.11 Å². The molecule has 2 N–H and O–H groups in total. The van der Waals surface area contributed by atoms with Gasteiger partial charge in [-0.3, -0.25) is 0 Å². The fourth-order valence-electron chi connectivity index (χ4n) is 2.32. The first kappa shape index (κ1) is 11.6. The summed E-state index contributed by atoms with van der Waals surface area (Å²) in [4.78, 5) is 0. The second kappa shape index (κ2) is 6.02. The van der Waals surface area contributed by atoms with Gasteiger partial charge in [0.25, 0.3) is 0 Å². The SMILES string of the molecule is OCc1ccc(CCC2CCCCN2)cc1. The van der Waals surface area contributed by atoms with Gasteiger partial charge in [-0.1, -0.05) is 30.7 Å². The Morgan fingerprint density at radius 1 is 1.12 bits per heavy atom. The first-order valence-electron chi connectivity index (χ1n) is 6.30. The number of aliphatic hydroxyl groups is 1. The third kappa shape index (κ3) is 3.32. The summed E-state index contributed by atoms with van der Waals surface area (Å²) in [6.45, 7) is 1.33. The van der Waals surface area contributed by atoms with Crippen LogP contribution < -0.4 is 5.32 Å². The van der Waals surface area contributed by atoms with Crippen molar-refractivity contribution in [1.29, 1.82) is 0 Å². The zero-order chi connectivity index (χ0) is 11.2. The Balaban J connectivity index is 1.79. The van der Waals surface area contributed by atoms with Crippen LogP contribution >= 0.6 is 0 Å². The molecule has 1 aliphatic heterocycles. The van der Waals surface area contributed by atoms with Crippen molar-refractivity contribution in [2.75, 3.05) is 6.54 Å². The molecule has 1 fully saturated rings. The van der Waals surface area contributed by atoms with E-state index < -0.39 is 0 Å². The van der Waals surface area contributed by atoms with Crippen molar-refractivity contribution in [2.24, 2.45) is 0 Å². The van der Waals surface area contributed by atoms with E-state index in [-0.39, 0.29) is 6.61 Å². The van der Waals surface area contributed by atoms with E-state index in [4.69, 9.17) is 5.11 Å². The van der Waals surface area contributed by atoms with Gasteiger partial charge in [0.2, 0.25) is 0 Å². The lowest BCUT2D eigenvalue weighted by Gasteiger charge is -2.23. The highest BCUT2D eigenvalue weighted by Crippen LogP contribution is 2.14. The van der Waals surface area contributed by atoms with E-state index in [1.165, 1.54) is 37.8 Å². The van der Waals surface area contributed by atoms with Crippen LogP contribution in [-0.4, -0.2) is 17.7 Å². The van der Waals surface area contributed by atoms with E-state index in [0.29, 0.717) is 6.04 Å². The van der Waals surface area contributed by atoms with E-state index in [1.54, 1.807) is 0 Å². The highest BCUT2D eigenvalue weighted by Gasteiger charge is 2.11. The Morgan fingerprint density at radius 2 is 1.88 bits per heavy atom. The van der Waals surface area contributed by atoms with Crippen molar-refractivity contribution in [3.05, 3.63) is 35.4 Å². The maximum absolute atomic E-state index is 8.95. The van der Waals surface area contributed by atoms with Gasteiger partial charge in [-0.2, -0.15) is 0 Å². The predicted molar refractivity (Wildman–Crippen MR) is 66.3 cm³/mol. The molecule has 0 aliphatic carbocycles. The molecule has 1 aromatic carbocycles. The van der Waals surface area contributed by atoms with Crippen LogP contribution in [0.15, 0.2) is 24.3 Å². The maximum Gasteiger partial charge on any atom is 0.0681 e. The van der Waals surface area contributed by atoms with E-state index >= 15 is 0 Å². The lowest BCUT2D eigenvalue weighted by Crippen LogP contribution is -2.34. The minimum absolute atomic E-state index is 0.143. The highest BCUT2D eigenvalue weighted by molar-refractivity contribution is 5.22. The number of aryl methyl sites for hydroxylation is 1. The van der Waals surface area contributed by atoms with Gasteiger partial charge in [-0.05, 0) is 43.4 Å². The minimum Gasteiger partial charge on any atom is -0.392 e. The van der Waals surface area contributed by atoms with Crippen molar-refractivity contribution in [3.63, 3.8) is 0 Å². The van der Waals surface area contributed by atoms with Crippen molar-refractivity contribution >= 4 is 0 Å². The molecule has 1 unspecified atom stereocenters. The summed E-state index contributed by atoms with van der Waals surface area (Å²) in [5, 5.41) is 12.5. The number of hydrogen-bond donors (Lipinski definition) is 2. The van der Waals surface area contributed by atoms with Crippen LogP contribution in [0.1, 0.15) is 36.8 Å². The van der Waals surface area contributed by atoms with Gasteiger partial charge in [0.05, 0.1) is 6.61 Å². The average molecular weight is 219 g/mol. The van der Waals surface area contributed by atoms with Gasteiger partial charge in [-0.25, -0.2) is 0 Å². The summed E-state index contributed by atoms with van der Waals surface area (Å²) in [5.74, 6) is 0. The van der Waals surface area contributed by atoms with E-state index in [0.717, 1.165) is 12.0 Å². The van der Waals surface area contributed by atoms with Gasteiger partial charge in [0, 0.05) is 6.04 Å². The van der Waals surface area contributed by atoms with Crippen LogP contribution in [0.5, 0.6) is 0 Å². The lowest BCUT2D eigenvalue weighted by atomic mass is 9.97. The predicted octanol–water partition coefficient (Wildman–Crippen LogP) is 2.25. The Hall–Kier alpha value is -0.860. The molecule has 0 amide bonds. The van der Waals surface area contributed by atoms with Crippen LogP contribution in [0.2, 0.25) is 0 Å². The first-order valence-corrected chi connectivity index (χ1v) is 6.30. The van der Waals surface area contributed by atoms with Crippen molar-refractivity contribution in [2.45, 2.75) is 44.8 Å². The summed E-state index contributed by atoms with van der Waals surface area (Å²) in [6, 6.07) is 9.02. The van der Waals surface area contributed by atoms with Crippen LogP contribution in [0, 0.1) is 0 Å². The molecule has 1 aromatic rings. The summed E-state index contributed by atoms with van der Waals surface area (Å²) in [5.41, 5.74) is 2.38. The van der Waals surface area contributed by atoms with Gasteiger partial charge in [0.1, 0.15) is 0 Å². The summed E-state index contributed by atoms with van der Waals surface area (Å²) in [6.07, 6.45) is 6.42. The molecule has 0 saturated carbocycles. The number of hydrogen-bond acceptors (Lipinski definition) is 2. The maximum atomic E-state index is 8.95. The second-order valence-electron chi connectivity index (χ2n) is 4.66. The van der Waals surface area contributed by atoms with Crippen LogP contribution in [-0.2, 0) is 13.0 Å². The summed E-state index contributed by atoms with van der Waals surface area (Å²) in [7, 11) is 0. The van der Waals surface area contributed by atoms with Gasteiger partial charge >= 0.3 is 0 Å². The molecular weight excluding hydrogens is 198 g/mol. The monoisotopic (exact) mass is 219 g/mol. The molecule has 1 heterocycles. The van der Waals surface area contributed by atoms with Crippen LogP contribution in [0.4, 0.5) is 0 Å². The second-order valence-corrected chi connectivity index (χ2v) is 4.66. The zero-order valence-electron chi connectivity index (χ0n) is 9.78. The highest BCUT2D eigenvalue weighted by atomic mass is 16.3.